The number of Topliss-reactive ketones (excluding diaryl/α,β-unsaturated/α-hetero) is 1. The predicted molar refractivity (Wildman–Crippen MR) is 90.1 cm³/mol. The van der Waals surface area contributed by atoms with Gasteiger partial charge in [0, 0.05) is 18.9 Å². The zero-order chi connectivity index (χ0) is 17.1. The van der Waals surface area contributed by atoms with Gasteiger partial charge in [-0.25, -0.2) is 0 Å². The van der Waals surface area contributed by atoms with Gasteiger partial charge in [-0.2, -0.15) is 0 Å². The lowest BCUT2D eigenvalue weighted by Gasteiger charge is -2.35. The molecule has 23 heavy (non-hydrogen) atoms. The molecule has 134 valence electrons. The van der Waals surface area contributed by atoms with E-state index in [9.17, 15) is 9.59 Å². The van der Waals surface area contributed by atoms with Crippen LogP contribution in [0, 0.1) is 0 Å². The van der Waals surface area contributed by atoms with Crippen molar-refractivity contribution in [3.63, 3.8) is 0 Å². The largest absolute Gasteiger partial charge is 0.353 e. The summed E-state index contributed by atoms with van der Waals surface area (Å²) in [5.74, 6) is -0.799. The summed E-state index contributed by atoms with van der Waals surface area (Å²) in [6.07, 6.45) is 7.53. The molecule has 1 rings (SSSR count). The van der Waals surface area contributed by atoms with Gasteiger partial charge >= 0.3 is 0 Å². The van der Waals surface area contributed by atoms with Crippen molar-refractivity contribution in [2.75, 3.05) is 13.2 Å². The fourth-order valence-corrected chi connectivity index (χ4v) is 2.92. The third-order valence-corrected chi connectivity index (χ3v) is 4.10. The molecule has 1 aliphatic heterocycles. The zero-order valence-corrected chi connectivity index (χ0v) is 15.0. The minimum Gasteiger partial charge on any atom is -0.353 e. The predicted octanol–water partition coefficient (Wildman–Crippen LogP) is 3.35. The Morgan fingerprint density at radius 1 is 1.13 bits per heavy atom. The molecule has 1 amide bonds. The van der Waals surface area contributed by atoms with Crippen LogP contribution in [-0.4, -0.2) is 36.7 Å². The number of ketones is 1. The molecule has 1 heterocycles. The summed E-state index contributed by atoms with van der Waals surface area (Å²) in [5, 5.41) is 2.87. The number of unbranched alkanes of at least 4 members (excludes halogenated alkanes) is 4. The molecule has 0 radical (unpaired) electrons. The molecule has 5 heteroatoms. The molecule has 0 aromatic rings. The van der Waals surface area contributed by atoms with E-state index in [1.807, 2.05) is 13.8 Å². The molecular formula is C18H33NO4. The van der Waals surface area contributed by atoms with E-state index in [0.29, 0.717) is 26.1 Å². The van der Waals surface area contributed by atoms with E-state index >= 15 is 0 Å². The second-order valence-electron chi connectivity index (χ2n) is 6.74. The molecule has 1 unspecified atom stereocenters. The zero-order valence-electron chi connectivity index (χ0n) is 15.0. The van der Waals surface area contributed by atoms with Crippen LogP contribution in [0.5, 0.6) is 0 Å². The van der Waals surface area contributed by atoms with Crippen LogP contribution in [-0.2, 0) is 19.1 Å². The van der Waals surface area contributed by atoms with Gasteiger partial charge in [-0.05, 0) is 26.7 Å². The highest BCUT2D eigenvalue weighted by Gasteiger charge is 2.31. The first-order valence-corrected chi connectivity index (χ1v) is 9.04. The van der Waals surface area contributed by atoms with Gasteiger partial charge in [0.1, 0.15) is 5.78 Å². The summed E-state index contributed by atoms with van der Waals surface area (Å²) in [6.45, 7) is 7.36. The summed E-state index contributed by atoms with van der Waals surface area (Å²) in [7, 11) is 0. The third kappa shape index (κ3) is 9.06. The monoisotopic (exact) mass is 327 g/mol. The molecule has 1 aliphatic rings. The van der Waals surface area contributed by atoms with E-state index in [4.69, 9.17) is 9.47 Å². The van der Waals surface area contributed by atoms with Crippen molar-refractivity contribution in [1.29, 1.82) is 0 Å². The maximum atomic E-state index is 11.9. The molecule has 1 saturated heterocycles. The van der Waals surface area contributed by atoms with Crippen molar-refractivity contribution >= 4 is 11.7 Å². The Hall–Kier alpha value is -0.940. The van der Waals surface area contributed by atoms with Crippen LogP contribution in [0.2, 0.25) is 0 Å². The van der Waals surface area contributed by atoms with Crippen LogP contribution in [0.1, 0.15) is 78.6 Å². The van der Waals surface area contributed by atoms with Crippen molar-refractivity contribution in [2.24, 2.45) is 0 Å². The molecule has 1 fully saturated rings. The van der Waals surface area contributed by atoms with E-state index in [-0.39, 0.29) is 24.2 Å². The summed E-state index contributed by atoms with van der Waals surface area (Å²) >= 11 is 0. The van der Waals surface area contributed by atoms with Crippen LogP contribution < -0.4 is 5.32 Å². The quantitative estimate of drug-likeness (QED) is 0.467. The number of nitrogens with one attached hydrogen (secondary N) is 1. The minimum atomic E-state index is -0.631. The average Bonchev–Trinajstić information content (AvgIpc) is 2.46. The molecule has 0 saturated carbocycles. The Kier molecular flexibility index (Phi) is 9.41. The first-order chi connectivity index (χ1) is 10.9. The maximum Gasteiger partial charge on any atom is 0.227 e. The molecule has 0 spiro atoms. The Morgan fingerprint density at radius 3 is 2.43 bits per heavy atom. The Bertz CT molecular complexity index is 364. The lowest BCUT2D eigenvalue weighted by molar-refractivity contribution is -0.260. The highest BCUT2D eigenvalue weighted by atomic mass is 16.7. The number of ether oxygens (including phenoxy) is 2. The van der Waals surface area contributed by atoms with E-state index in [2.05, 4.69) is 12.2 Å². The van der Waals surface area contributed by atoms with Crippen molar-refractivity contribution in [3.05, 3.63) is 0 Å². The van der Waals surface area contributed by atoms with Crippen LogP contribution in [0.4, 0.5) is 0 Å². The van der Waals surface area contributed by atoms with E-state index in [0.717, 1.165) is 19.3 Å². The number of amides is 1. The van der Waals surface area contributed by atoms with Crippen molar-refractivity contribution in [2.45, 2.75) is 90.4 Å². The van der Waals surface area contributed by atoms with E-state index in [1.54, 1.807) is 0 Å². The summed E-state index contributed by atoms with van der Waals surface area (Å²) in [6, 6.07) is -0.0806. The first-order valence-electron chi connectivity index (χ1n) is 9.04. The Balaban J connectivity index is 2.17. The van der Waals surface area contributed by atoms with Crippen LogP contribution in [0.15, 0.2) is 0 Å². The van der Waals surface area contributed by atoms with Gasteiger partial charge in [0.25, 0.3) is 0 Å². The van der Waals surface area contributed by atoms with Gasteiger partial charge in [-0.3, -0.25) is 9.59 Å². The topological polar surface area (TPSA) is 64.6 Å². The molecule has 0 aromatic carbocycles. The fourth-order valence-electron chi connectivity index (χ4n) is 2.92. The number of hydrogen-bond donors (Lipinski definition) is 1. The minimum absolute atomic E-state index is 0.0173. The van der Waals surface area contributed by atoms with Crippen LogP contribution in [0.3, 0.4) is 0 Å². The van der Waals surface area contributed by atoms with Gasteiger partial charge in [0.15, 0.2) is 5.79 Å². The molecule has 0 aliphatic carbocycles. The lowest BCUT2D eigenvalue weighted by atomic mass is 10.1. The maximum absolute atomic E-state index is 11.9. The van der Waals surface area contributed by atoms with Gasteiger partial charge < -0.3 is 14.8 Å². The highest BCUT2D eigenvalue weighted by Crippen LogP contribution is 2.23. The van der Waals surface area contributed by atoms with Gasteiger partial charge in [0.2, 0.25) is 5.91 Å². The summed E-state index contributed by atoms with van der Waals surface area (Å²) in [4.78, 5) is 23.7. The molecule has 0 bridgehead atoms. The molecule has 5 nitrogen and oxygen atoms in total. The molecule has 1 atom stereocenters. The van der Waals surface area contributed by atoms with E-state index in [1.165, 1.54) is 19.3 Å². The van der Waals surface area contributed by atoms with Crippen molar-refractivity contribution in [3.8, 4) is 0 Å². The molecule has 1 N–H and O–H groups in total. The average molecular weight is 327 g/mol. The first kappa shape index (κ1) is 20.1. The number of carbonyl (C=O) groups is 2. The SMILES string of the molecule is CCCCCCCC(=O)CC(=O)NC(C)CC1(C)OCCCO1. The summed E-state index contributed by atoms with van der Waals surface area (Å²) < 4.78 is 11.3. The second kappa shape index (κ2) is 10.8. The number of rotatable bonds is 11. The smallest absolute Gasteiger partial charge is 0.227 e. The van der Waals surface area contributed by atoms with Crippen LogP contribution in [0.25, 0.3) is 0 Å². The third-order valence-electron chi connectivity index (χ3n) is 4.10. The standard InChI is InChI=1S/C18H33NO4/c1-4-5-6-7-8-10-16(20)13-17(21)19-15(2)14-18(3)22-11-9-12-23-18/h15H,4-14H2,1-3H3,(H,19,21). The van der Waals surface area contributed by atoms with Gasteiger partial charge in [-0.15, -0.1) is 0 Å². The second-order valence-corrected chi connectivity index (χ2v) is 6.74. The number of carbonyl (C=O) groups excluding carboxylic acids is 2. The molecule has 0 aromatic heterocycles. The Morgan fingerprint density at radius 2 is 1.78 bits per heavy atom. The fraction of sp³-hybridized carbons (Fsp3) is 0.889. The van der Waals surface area contributed by atoms with Crippen molar-refractivity contribution in [1.82, 2.24) is 5.32 Å². The van der Waals surface area contributed by atoms with E-state index < -0.39 is 5.79 Å². The summed E-state index contributed by atoms with van der Waals surface area (Å²) in [5.41, 5.74) is 0. The molecular weight excluding hydrogens is 294 g/mol. The van der Waals surface area contributed by atoms with Crippen LogP contribution >= 0.6 is 0 Å². The van der Waals surface area contributed by atoms with Gasteiger partial charge in [-0.1, -0.05) is 32.6 Å². The lowest BCUT2D eigenvalue weighted by Crippen LogP contribution is -2.45. The van der Waals surface area contributed by atoms with Crippen molar-refractivity contribution < 1.29 is 19.1 Å². The normalized spacial score (nSPS) is 18.4. The van der Waals surface area contributed by atoms with Gasteiger partial charge in [0.05, 0.1) is 19.6 Å². The highest BCUT2D eigenvalue weighted by molar-refractivity contribution is 5.98. The Labute approximate surface area is 140 Å². The number of hydrogen-bond acceptors (Lipinski definition) is 4.